The number of anilines is 1. The Labute approximate surface area is 109 Å². The van der Waals surface area contributed by atoms with Crippen LogP contribution < -0.4 is 10.5 Å². The van der Waals surface area contributed by atoms with E-state index in [0.29, 0.717) is 5.82 Å². The standard InChI is InChI=1S/C11H12N4O3S/c1-7-13-6-10(14-7)19(17,18)15-9-4-2-3-8(5-9)11(12)16/h2-6,15H,1H3,(H2,12,16)(H,13,14). The number of nitrogens with zero attached hydrogens (tertiary/aromatic N) is 1. The first kappa shape index (κ1) is 13.1. The number of aryl methyl sites for hydroxylation is 1. The number of aromatic nitrogens is 2. The molecule has 100 valence electrons. The molecule has 0 fully saturated rings. The summed E-state index contributed by atoms with van der Waals surface area (Å²) in [4.78, 5) is 17.5. The highest BCUT2D eigenvalue weighted by atomic mass is 32.2. The molecule has 4 N–H and O–H groups in total. The SMILES string of the molecule is Cc1ncc(S(=O)(=O)Nc2cccc(C(N)=O)c2)[nH]1. The van der Waals surface area contributed by atoms with E-state index < -0.39 is 15.9 Å². The zero-order valence-electron chi connectivity index (χ0n) is 10.0. The smallest absolute Gasteiger partial charge is 0.278 e. The molecule has 0 aliphatic heterocycles. The number of hydrogen-bond donors (Lipinski definition) is 3. The Kier molecular flexibility index (Phi) is 3.26. The van der Waals surface area contributed by atoms with Gasteiger partial charge < -0.3 is 10.7 Å². The second kappa shape index (κ2) is 4.73. The predicted molar refractivity (Wildman–Crippen MR) is 69.1 cm³/mol. The summed E-state index contributed by atoms with van der Waals surface area (Å²) in [6, 6.07) is 5.92. The van der Waals surface area contributed by atoms with Gasteiger partial charge in [0.25, 0.3) is 10.0 Å². The third-order valence-electron chi connectivity index (χ3n) is 2.37. The maximum Gasteiger partial charge on any atom is 0.278 e. The highest BCUT2D eigenvalue weighted by Gasteiger charge is 2.16. The summed E-state index contributed by atoms with van der Waals surface area (Å²) in [7, 11) is -3.76. The Morgan fingerprint density at radius 1 is 1.42 bits per heavy atom. The van der Waals surface area contributed by atoms with Crippen LogP contribution in [-0.4, -0.2) is 24.3 Å². The van der Waals surface area contributed by atoms with E-state index in [1.54, 1.807) is 6.92 Å². The number of amides is 1. The van der Waals surface area contributed by atoms with Crippen molar-refractivity contribution in [3.63, 3.8) is 0 Å². The topological polar surface area (TPSA) is 118 Å². The summed E-state index contributed by atoms with van der Waals surface area (Å²) in [5.41, 5.74) is 5.60. The number of rotatable bonds is 4. The third-order valence-corrected chi connectivity index (χ3v) is 3.66. The zero-order valence-corrected chi connectivity index (χ0v) is 10.9. The fourth-order valence-electron chi connectivity index (χ4n) is 1.48. The molecule has 0 aliphatic rings. The van der Waals surface area contributed by atoms with Crippen LogP contribution >= 0.6 is 0 Å². The highest BCUT2D eigenvalue weighted by molar-refractivity contribution is 7.92. The van der Waals surface area contributed by atoms with Gasteiger partial charge in [-0.2, -0.15) is 8.42 Å². The highest BCUT2D eigenvalue weighted by Crippen LogP contribution is 2.15. The largest absolute Gasteiger partial charge is 0.366 e. The second-order valence-electron chi connectivity index (χ2n) is 3.88. The molecule has 0 aliphatic carbocycles. The van der Waals surface area contributed by atoms with Gasteiger partial charge in [0.15, 0.2) is 5.03 Å². The number of primary amides is 1. The summed E-state index contributed by atoms with van der Waals surface area (Å²) in [5, 5.41) is -0.0468. The maximum atomic E-state index is 12.0. The minimum Gasteiger partial charge on any atom is -0.366 e. The Bertz CT molecular complexity index is 721. The molecule has 1 aromatic heterocycles. The van der Waals surface area contributed by atoms with Gasteiger partial charge in [0.05, 0.1) is 6.20 Å². The number of imidazole rings is 1. The maximum absolute atomic E-state index is 12.0. The zero-order chi connectivity index (χ0) is 14.0. The van der Waals surface area contributed by atoms with Crippen molar-refractivity contribution >= 4 is 21.6 Å². The van der Waals surface area contributed by atoms with Crippen molar-refractivity contribution in [1.29, 1.82) is 0 Å². The molecule has 2 aromatic rings. The van der Waals surface area contributed by atoms with Crippen LogP contribution in [0.15, 0.2) is 35.5 Å². The van der Waals surface area contributed by atoms with E-state index >= 15 is 0 Å². The minimum atomic E-state index is -3.76. The van der Waals surface area contributed by atoms with Gasteiger partial charge in [0.2, 0.25) is 5.91 Å². The molecule has 0 bridgehead atoms. The van der Waals surface area contributed by atoms with Crippen LogP contribution in [0.1, 0.15) is 16.2 Å². The second-order valence-corrected chi connectivity index (χ2v) is 5.53. The lowest BCUT2D eigenvalue weighted by molar-refractivity contribution is 0.100. The van der Waals surface area contributed by atoms with E-state index in [1.807, 2.05) is 0 Å². The Morgan fingerprint density at radius 2 is 2.16 bits per heavy atom. The van der Waals surface area contributed by atoms with E-state index in [2.05, 4.69) is 14.7 Å². The van der Waals surface area contributed by atoms with Crippen molar-refractivity contribution in [3.05, 3.63) is 41.9 Å². The van der Waals surface area contributed by atoms with Crippen LogP contribution in [0.2, 0.25) is 0 Å². The van der Waals surface area contributed by atoms with Crippen LogP contribution in [0.3, 0.4) is 0 Å². The van der Waals surface area contributed by atoms with Crippen molar-refractivity contribution in [1.82, 2.24) is 9.97 Å². The van der Waals surface area contributed by atoms with Gasteiger partial charge in [-0.3, -0.25) is 9.52 Å². The molecule has 0 saturated heterocycles. The average Bonchev–Trinajstić information content (AvgIpc) is 2.76. The molecule has 1 heterocycles. The van der Waals surface area contributed by atoms with Crippen molar-refractivity contribution in [2.75, 3.05) is 4.72 Å². The normalized spacial score (nSPS) is 11.2. The monoisotopic (exact) mass is 280 g/mol. The fraction of sp³-hybridized carbons (Fsp3) is 0.0909. The fourth-order valence-corrected chi connectivity index (χ4v) is 2.50. The van der Waals surface area contributed by atoms with Crippen LogP contribution in [-0.2, 0) is 10.0 Å². The average molecular weight is 280 g/mol. The molecule has 0 saturated carbocycles. The number of aromatic amines is 1. The number of nitrogens with two attached hydrogens (primary N) is 1. The molecule has 0 radical (unpaired) electrons. The van der Waals surface area contributed by atoms with Gasteiger partial charge in [0, 0.05) is 11.3 Å². The molecule has 2 rings (SSSR count). The summed E-state index contributed by atoms with van der Waals surface area (Å²) in [6.45, 7) is 1.65. The Morgan fingerprint density at radius 3 is 2.74 bits per heavy atom. The number of sulfonamides is 1. The molecule has 0 atom stereocenters. The molecule has 1 aromatic carbocycles. The lowest BCUT2D eigenvalue weighted by Crippen LogP contribution is -2.15. The van der Waals surface area contributed by atoms with Crippen molar-refractivity contribution in [2.45, 2.75) is 11.9 Å². The summed E-state index contributed by atoms with van der Waals surface area (Å²) in [5.74, 6) is -0.135. The summed E-state index contributed by atoms with van der Waals surface area (Å²) >= 11 is 0. The van der Waals surface area contributed by atoms with Gasteiger partial charge in [-0.05, 0) is 25.1 Å². The van der Waals surface area contributed by atoms with Crippen molar-refractivity contribution in [3.8, 4) is 0 Å². The van der Waals surface area contributed by atoms with E-state index in [9.17, 15) is 13.2 Å². The first-order chi connectivity index (χ1) is 8.88. The number of benzene rings is 1. The van der Waals surface area contributed by atoms with Gasteiger partial charge in [0.1, 0.15) is 5.82 Å². The molecule has 7 nitrogen and oxygen atoms in total. The number of nitrogens with one attached hydrogen (secondary N) is 2. The van der Waals surface area contributed by atoms with Gasteiger partial charge >= 0.3 is 0 Å². The summed E-state index contributed by atoms with van der Waals surface area (Å²) < 4.78 is 26.3. The molecule has 0 unspecified atom stereocenters. The van der Waals surface area contributed by atoms with E-state index in [0.717, 1.165) is 0 Å². The third kappa shape index (κ3) is 2.91. The van der Waals surface area contributed by atoms with E-state index in [1.165, 1.54) is 30.5 Å². The van der Waals surface area contributed by atoms with Gasteiger partial charge in [-0.15, -0.1) is 0 Å². The molecular weight excluding hydrogens is 268 g/mol. The van der Waals surface area contributed by atoms with Gasteiger partial charge in [-0.25, -0.2) is 4.98 Å². The van der Waals surface area contributed by atoms with Crippen molar-refractivity contribution in [2.24, 2.45) is 5.73 Å². The first-order valence-electron chi connectivity index (χ1n) is 5.33. The molecule has 0 spiro atoms. The number of carbonyl (C=O) groups excluding carboxylic acids is 1. The van der Waals surface area contributed by atoms with E-state index in [-0.39, 0.29) is 16.3 Å². The molecule has 8 heteroatoms. The molecule has 19 heavy (non-hydrogen) atoms. The van der Waals surface area contributed by atoms with Crippen LogP contribution in [0.5, 0.6) is 0 Å². The Hall–Kier alpha value is -2.35. The van der Waals surface area contributed by atoms with Crippen LogP contribution in [0.25, 0.3) is 0 Å². The van der Waals surface area contributed by atoms with Crippen molar-refractivity contribution < 1.29 is 13.2 Å². The van der Waals surface area contributed by atoms with Crippen LogP contribution in [0, 0.1) is 6.92 Å². The Balaban J connectivity index is 2.30. The number of hydrogen-bond acceptors (Lipinski definition) is 4. The molecule has 1 amide bonds. The van der Waals surface area contributed by atoms with E-state index in [4.69, 9.17) is 5.73 Å². The summed E-state index contributed by atoms with van der Waals surface area (Å²) in [6.07, 6.45) is 1.22. The quantitative estimate of drug-likeness (QED) is 0.760. The minimum absolute atomic E-state index is 0.0468. The molecular formula is C11H12N4O3S. The predicted octanol–water partition coefficient (Wildman–Crippen LogP) is 0.618. The number of H-pyrrole nitrogens is 1. The van der Waals surface area contributed by atoms with Gasteiger partial charge in [-0.1, -0.05) is 6.07 Å². The lowest BCUT2D eigenvalue weighted by Gasteiger charge is -2.06. The lowest BCUT2D eigenvalue weighted by atomic mass is 10.2. The number of carbonyl (C=O) groups is 1. The first-order valence-corrected chi connectivity index (χ1v) is 6.81. The van der Waals surface area contributed by atoms with Crippen LogP contribution in [0.4, 0.5) is 5.69 Å².